The lowest BCUT2D eigenvalue weighted by molar-refractivity contribution is -0.132. The summed E-state index contributed by atoms with van der Waals surface area (Å²) in [4.78, 5) is 24.5. The predicted molar refractivity (Wildman–Crippen MR) is 103 cm³/mol. The molecule has 1 aliphatic rings. The fourth-order valence-electron chi connectivity index (χ4n) is 3.08. The molecule has 2 aromatic rings. The van der Waals surface area contributed by atoms with E-state index in [1.54, 1.807) is 0 Å². The molecule has 0 saturated carbocycles. The van der Waals surface area contributed by atoms with Crippen molar-refractivity contribution in [3.05, 3.63) is 53.3 Å². The van der Waals surface area contributed by atoms with Crippen LogP contribution >= 0.6 is 0 Å². The quantitative estimate of drug-likeness (QED) is 0.762. The number of nitrogens with one attached hydrogen (secondary N) is 1. The first-order valence-electron chi connectivity index (χ1n) is 9.24. The van der Waals surface area contributed by atoms with E-state index >= 15 is 0 Å². The van der Waals surface area contributed by atoms with Crippen molar-refractivity contribution in [2.75, 3.05) is 6.54 Å². The lowest BCUT2D eigenvalue weighted by Crippen LogP contribution is -2.39. The van der Waals surface area contributed by atoms with E-state index < -0.39 is 0 Å². The van der Waals surface area contributed by atoms with Crippen molar-refractivity contribution in [1.29, 1.82) is 0 Å². The van der Waals surface area contributed by atoms with Crippen molar-refractivity contribution in [2.24, 2.45) is 5.10 Å². The maximum absolute atomic E-state index is 12.4. The van der Waals surface area contributed by atoms with E-state index in [0.29, 0.717) is 31.6 Å². The number of hydrazone groups is 1. The fourth-order valence-corrected chi connectivity index (χ4v) is 3.08. The van der Waals surface area contributed by atoms with Gasteiger partial charge in [0.1, 0.15) is 5.71 Å². The SMILES string of the molecule is Cc1cc(C)n(CCCNC(=O)C2=NN(Cc3ccccc3)C(=O)CC2)n1. The van der Waals surface area contributed by atoms with Crippen LogP contribution < -0.4 is 5.32 Å². The van der Waals surface area contributed by atoms with Crippen LogP contribution in [0.5, 0.6) is 0 Å². The summed E-state index contributed by atoms with van der Waals surface area (Å²) in [7, 11) is 0. The number of aryl methyl sites for hydroxylation is 3. The molecule has 0 fully saturated rings. The number of hydrogen-bond acceptors (Lipinski definition) is 4. The first-order chi connectivity index (χ1) is 13.0. The van der Waals surface area contributed by atoms with Crippen LogP contribution in [0.4, 0.5) is 0 Å². The molecule has 2 heterocycles. The number of carbonyl (C=O) groups is 2. The Bertz CT molecular complexity index is 841. The molecule has 1 N–H and O–H groups in total. The van der Waals surface area contributed by atoms with Gasteiger partial charge in [-0.2, -0.15) is 10.2 Å². The summed E-state index contributed by atoms with van der Waals surface area (Å²) < 4.78 is 1.94. The van der Waals surface area contributed by atoms with E-state index in [2.05, 4.69) is 15.5 Å². The van der Waals surface area contributed by atoms with Crippen LogP contribution in [-0.4, -0.2) is 38.9 Å². The summed E-state index contributed by atoms with van der Waals surface area (Å²) in [5.41, 5.74) is 3.51. The summed E-state index contributed by atoms with van der Waals surface area (Å²) in [6.07, 6.45) is 1.48. The van der Waals surface area contributed by atoms with E-state index in [1.165, 1.54) is 5.01 Å². The maximum atomic E-state index is 12.4. The molecule has 142 valence electrons. The van der Waals surface area contributed by atoms with Gasteiger partial charge in [-0.05, 0) is 31.9 Å². The van der Waals surface area contributed by atoms with Crippen LogP contribution in [-0.2, 0) is 22.7 Å². The highest BCUT2D eigenvalue weighted by molar-refractivity contribution is 6.39. The first-order valence-corrected chi connectivity index (χ1v) is 9.24. The van der Waals surface area contributed by atoms with Gasteiger partial charge in [-0.15, -0.1) is 0 Å². The first kappa shape index (κ1) is 18.8. The highest BCUT2D eigenvalue weighted by Crippen LogP contribution is 2.13. The normalized spacial score (nSPS) is 14.2. The summed E-state index contributed by atoms with van der Waals surface area (Å²) in [6, 6.07) is 11.7. The zero-order valence-electron chi connectivity index (χ0n) is 15.8. The van der Waals surface area contributed by atoms with Gasteiger partial charge in [0.2, 0.25) is 5.91 Å². The Morgan fingerprint density at radius 3 is 2.67 bits per heavy atom. The number of aromatic nitrogens is 2. The van der Waals surface area contributed by atoms with Crippen LogP contribution in [0, 0.1) is 13.8 Å². The van der Waals surface area contributed by atoms with Gasteiger partial charge in [0.25, 0.3) is 5.91 Å². The summed E-state index contributed by atoms with van der Waals surface area (Å²) in [6.45, 7) is 5.67. The van der Waals surface area contributed by atoms with Crippen LogP contribution in [0.2, 0.25) is 0 Å². The van der Waals surface area contributed by atoms with Crippen LogP contribution in [0.1, 0.15) is 36.2 Å². The largest absolute Gasteiger partial charge is 0.351 e. The third kappa shape index (κ3) is 5.03. The van der Waals surface area contributed by atoms with Gasteiger partial charge in [-0.1, -0.05) is 30.3 Å². The third-order valence-corrected chi connectivity index (χ3v) is 4.48. The highest BCUT2D eigenvalue weighted by atomic mass is 16.2. The molecule has 0 spiro atoms. The van der Waals surface area contributed by atoms with E-state index in [0.717, 1.165) is 29.9 Å². The summed E-state index contributed by atoms with van der Waals surface area (Å²) in [5.74, 6) is -0.256. The van der Waals surface area contributed by atoms with Crippen molar-refractivity contribution < 1.29 is 9.59 Å². The summed E-state index contributed by atoms with van der Waals surface area (Å²) >= 11 is 0. The van der Waals surface area contributed by atoms with E-state index in [-0.39, 0.29) is 11.8 Å². The Morgan fingerprint density at radius 2 is 1.96 bits per heavy atom. The van der Waals surface area contributed by atoms with Gasteiger partial charge in [0, 0.05) is 31.6 Å². The molecule has 3 rings (SSSR count). The molecule has 0 atom stereocenters. The molecule has 0 aliphatic carbocycles. The van der Waals surface area contributed by atoms with Gasteiger partial charge in [-0.3, -0.25) is 14.3 Å². The highest BCUT2D eigenvalue weighted by Gasteiger charge is 2.24. The van der Waals surface area contributed by atoms with Crippen molar-refractivity contribution in [1.82, 2.24) is 20.1 Å². The molecule has 0 radical (unpaired) electrons. The second-order valence-electron chi connectivity index (χ2n) is 6.74. The lowest BCUT2D eigenvalue weighted by Gasteiger charge is -2.23. The molecule has 1 aromatic carbocycles. The van der Waals surface area contributed by atoms with Crippen molar-refractivity contribution in [2.45, 2.75) is 46.2 Å². The van der Waals surface area contributed by atoms with Crippen LogP contribution in [0.15, 0.2) is 41.5 Å². The van der Waals surface area contributed by atoms with Gasteiger partial charge in [-0.25, -0.2) is 5.01 Å². The number of rotatable bonds is 7. The van der Waals surface area contributed by atoms with E-state index in [9.17, 15) is 9.59 Å². The van der Waals surface area contributed by atoms with Crippen LogP contribution in [0.25, 0.3) is 0 Å². The number of carbonyl (C=O) groups excluding carboxylic acids is 2. The molecular formula is C20H25N5O2. The number of hydrogen-bond donors (Lipinski definition) is 1. The zero-order chi connectivity index (χ0) is 19.2. The maximum Gasteiger partial charge on any atom is 0.267 e. The standard InChI is InChI=1S/C20H25N5O2/c1-15-13-16(2)24(22-15)12-6-11-21-20(27)18-9-10-19(26)25(23-18)14-17-7-4-3-5-8-17/h3-5,7-8,13H,6,9-12,14H2,1-2H3,(H,21,27). The average Bonchev–Trinajstić information content (AvgIpc) is 2.98. The minimum absolute atomic E-state index is 0.0556. The minimum Gasteiger partial charge on any atom is -0.351 e. The zero-order valence-corrected chi connectivity index (χ0v) is 15.8. The Kier molecular flexibility index (Phi) is 6.01. The van der Waals surface area contributed by atoms with Gasteiger partial charge in [0.15, 0.2) is 0 Å². The molecule has 7 nitrogen and oxygen atoms in total. The van der Waals surface area contributed by atoms with E-state index in [4.69, 9.17) is 0 Å². The van der Waals surface area contributed by atoms with Crippen molar-refractivity contribution in [3.63, 3.8) is 0 Å². The second kappa shape index (κ2) is 8.62. The smallest absolute Gasteiger partial charge is 0.267 e. The molecule has 27 heavy (non-hydrogen) atoms. The van der Waals surface area contributed by atoms with Crippen LogP contribution in [0.3, 0.4) is 0 Å². The molecule has 0 bridgehead atoms. The number of nitrogens with zero attached hydrogens (tertiary/aromatic N) is 4. The topological polar surface area (TPSA) is 79.6 Å². The van der Waals surface area contributed by atoms with Gasteiger partial charge >= 0.3 is 0 Å². The van der Waals surface area contributed by atoms with Crippen molar-refractivity contribution >= 4 is 17.5 Å². The second-order valence-corrected chi connectivity index (χ2v) is 6.74. The number of benzene rings is 1. The lowest BCUT2D eigenvalue weighted by atomic mass is 10.1. The molecule has 0 saturated heterocycles. The monoisotopic (exact) mass is 367 g/mol. The Balaban J connectivity index is 1.51. The molecule has 1 aromatic heterocycles. The Morgan fingerprint density at radius 1 is 1.19 bits per heavy atom. The Labute approximate surface area is 159 Å². The van der Waals surface area contributed by atoms with E-state index in [1.807, 2.05) is 54.9 Å². The molecule has 1 aliphatic heterocycles. The number of amides is 2. The summed E-state index contributed by atoms with van der Waals surface area (Å²) in [5, 5.41) is 13.0. The molecule has 2 amide bonds. The average molecular weight is 367 g/mol. The van der Waals surface area contributed by atoms with Gasteiger partial charge in [0.05, 0.1) is 12.2 Å². The molecule has 0 unspecified atom stereocenters. The molecular weight excluding hydrogens is 342 g/mol. The fraction of sp³-hybridized carbons (Fsp3) is 0.400. The minimum atomic E-state index is -0.200. The third-order valence-electron chi connectivity index (χ3n) is 4.48. The molecule has 7 heteroatoms. The Hall–Kier alpha value is -2.96. The van der Waals surface area contributed by atoms with Crippen molar-refractivity contribution in [3.8, 4) is 0 Å². The van der Waals surface area contributed by atoms with Gasteiger partial charge < -0.3 is 5.32 Å². The predicted octanol–water partition coefficient (Wildman–Crippen LogP) is 2.18.